The van der Waals surface area contributed by atoms with Crippen LogP contribution in [0.15, 0.2) is 0 Å². The fraction of sp³-hybridized carbons (Fsp3) is 1.00. The summed E-state index contributed by atoms with van der Waals surface area (Å²) in [5.74, 6) is 12.3. The van der Waals surface area contributed by atoms with E-state index in [1.807, 2.05) is 10.0 Å². The number of hydrogen-bond acceptors (Lipinski definition) is 4. The van der Waals surface area contributed by atoms with Crippen LogP contribution in [0.1, 0.15) is 12.8 Å². The SMILES string of the molecule is NN1CC2CCCN(N)C2C1. The van der Waals surface area contributed by atoms with Crippen molar-refractivity contribution in [1.82, 2.24) is 10.0 Å². The molecule has 0 aromatic rings. The molecule has 4 N–H and O–H groups in total. The maximum Gasteiger partial charge on any atom is 0.0423 e. The predicted molar refractivity (Wildman–Crippen MR) is 43.2 cm³/mol. The minimum Gasteiger partial charge on any atom is -0.269 e. The van der Waals surface area contributed by atoms with Crippen LogP contribution in [0.4, 0.5) is 0 Å². The van der Waals surface area contributed by atoms with Crippen LogP contribution in [0.25, 0.3) is 0 Å². The van der Waals surface area contributed by atoms with Crippen LogP contribution in [0.3, 0.4) is 0 Å². The van der Waals surface area contributed by atoms with Gasteiger partial charge < -0.3 is 0 Å². The molecule has 2 rings (SSSR count). The molecule has 0 bridgehead atoms. The van der Waals surface area contributed by atoms with Crippen LogP contribution in [0.2, 0.25) is 0 Å². The van der Waals surface area contributed by atoms with Crippen LogP contribution >= 0.6 is 0 Å². The molecule has 0 aromatic carbocycles. The third-order valence-electron chi connectivity index (χ3n) is 2.85. The van der Waals surface area contributed by atoms with E-state index in [2.05, 4.69) is 0 Å². The van der Waals surface area contributed by atoms with Gasteiger partial charge in [-0.15, -0.1) is 0 Å². The van der Waals surface area contributed by atoms with Gasteiger partial charge in [0.2, 0.25) is 0 Å². The van der Waals surface area contributed by atoms with E-state index in [1.54, 1.807) is 0 Å². The second-order valence-corrected chi connectivity index (χ2v) is 3.66. The molecule has 0 aliphatic carbocycles. The van der Waals surface area contributed by atoms with E-state index in [4.69, 9.17) is 11.7 Å². The minimum absolute atomic E-state index is 0.522. The fourth-order valence-electron chi connectivity index (χ4n) is 2.25. The Balaban J connectivity index is 2.03. The number of rotatable bonds is 0. The van der Waals surface area contributed by atoms with Crippen molar-refractivity contribution in [2.75, 3.05) is 19.6 Å². The maximum absolute atomic E-state index is 5.83. The Kier molecular flexibility index (Phi) is 1.85. The molecule has 2 saturated heterocycles. The molecular formula is C7H16N4. The average molecular weight is 156 g/mol. The van der Waals surface area contributed by atoms with E-state index in [-0.39, 0.29) is 0 Å². The van der Waals surface area contributed by atoms with Crippen LogP contribution in [0.5, 0.6) is 0 Å². The number of hydrazine groups is 2. The predicted octanol–water partition coefficient (Wildman–Crippen LogP) is -0.870. The van der Waals surface area contributed by atoms with Crippen LogP contribution in [-0.2, 0) is 0 Å². The summed E-state index contributed by atoms with van der Waals surface area (Å²) >= 11 is 0. The zero-order valence-electron chi connectivity index (χ0n) is 6.74. The van der Waals surface area contributed by atoms with E-state index in [0.29, 0.717) is 6.04 Å². The van der Waals surface area contributed by atoms with Gasteiger partial charge in [-0.25, -0.2) is 10.0 Å². The first-order valence-corrected chi connectivity index (χ1v) is 4.28. The molecule has 11 heavy (non-hydrogen) atoms. The lowest BCUT2D eigenvalue weighted by atomic mass is 9.93. The molecule has 2 aliphatic heterocycles. The Morgan fingerprint density at radius 3 is 2.73 bits per heavy atom. The van der Waals surface area contributed by atoms with E-state index in [9.17, 15) is 0 Å². The topological polar surface area (TPSA) is 58.5 Å². The maximum atomic E-state index is 5.83. The summed E-state index contributed by atoms with van der Waals surface area (Å²) in [6, 6.07) is 0.522. The van der Waals surface area contributed by atoms with Gasteiger partial charge in [-0.3, -0.25) is 11.7 Å². The van der Waals surface area contributed by atoms with Gasteiger partial charge >= 0.3 is 0 Å². The van der Waals surface area contributed by atoms with Crippen LogP contribution in [-0.4, -0.2) is 35.7 Å². The van der Waals surface area contributed by atoms with Gasteiger partial charge in [0.1, 0.15) is 0 Å². The van der Waals surface area contributed by atoms with Crippen molar-refractivity contribution in [1.29, 1.82) is 0 Å². The highest BCUT2D eigenvalue weighted by Crippen LogP contribution is 2.26. The molecule has 2 unspecified atom stereocenters. The van der Waals surface area contributed by atoms with E-state index < -0.39 is 0 Å². The quantitative estimate of drug-likeness (QED) is 0.448. The van der Waals surface area contributed by atoms with Crippen molar-refractivity contribution in [2.45, 2.75) is 18.9 Å². The highest BCUT2D eigenvalue weighted by Gasteiger charge is 2.36. The lowest BCUT2D eigenvalue weighted by molar-refractivity contribution is 0.125. The van der Waals surface area contributed by atoms with Gasteiger partial charge in [0, 0.05) is 25.7 Å². The molecule has 0 saturated carbocycles. The molecule has 0 aromatic heterocycles. The standard InChI is InChI=1S/C7H16N4/c8-10-4-6-2-1-3-11(9)7(6)5-10/h6-7H,1-5,8-9H2. The number of nitrogens with zero attached hydrogens (tertiary/aromatic N) is 2. The average Bonchev–Trinajstić information content (AvgIpc) is 2.31. The second kappa shape index (κ2) is 2.71. The normalized spacial score (nSPS) is 40.9. The second-order valence-electron chi connectivity index (χ2n) is 3.66. The molecular weight excluding hydrogens is 140 g/mol. The largest absolute Gasteiger partial charge is 0.269 e. The molecule has 2 atom stereocenters. The lowest BCUT2D eigenvalue weighted by Crippen LogP contribution is -2.49. The van der Waals surface area contributed by atoms with Gasteiger partial charge in [-0.05, 0) is 18.8 Å². The summed E-state index contributed by atoms with van der Waals surface area (Å²) in [6.45, 7) is 3.01. The Morgan fingerprint density at radius 1 is 1.18 bits per heavy atom. The zero-order chi connectivity index (χ0) is 7.84. The van der Waals surface area contributed by atoms with Gasteiger partial charge in [0.25, 0.3) is 0 Å². The number of nitrogens with two attached hydrogens (primary N) is 2. The summed E-state index contributed by atoms with van der Waals surface area (Å²) < 4.78 is 0. The molecule has 64 valence electrons. The van der Waals surface area contributed by atoms with Crippen LogP contribution in [0, 0.1) is 5.92 Å². The number of piperidine rings is 1. The summed E-state index contributed by atoms with van der Waals surface area (Å²) in [6.07, 6.45) is 2.53. The van der Waals surface area contributed by atoms with Crippen molar-refractivity contribution in [3.05, 3.63) is 0 Å². The Bertz CT molecular complexity index is 149. The van der Waals surface area contributed by atoms with Gasteiger partial charge in [-0.2, -0.15) is 0 Å². The van der Waals surface area contributed by atoms with E-state index >= 15 is 0 Å². The smallest absolute Gasteiger partial charge is 0.0423 e. The molecule has 0 spiro atoms. The van der Waals surface area contributed by atoms with Crippen molar-refractivity contribution in [2.24, 2.45) is 17.6 Å². The highest BCUT2D eigenvalue weighted by atomic mass is 15.5. The summed E-state index contributed by atoms with van der Waals surface area (Å²) in [4.78, 5) is 0. The zero-order valence-corrected chi connectivity index (χ0v) is 6.74. The molecule has 2 fully saturated rings. The third kappa shape index (κ3) is 1.27. The van der Waals surface area contributed by atoms with Gasteiger partial charge in [-0.1, -0.05) is 0 Å². The first-order valence-electron chi connectivity index (χ1n) is 4.28. The highest BCUT2D eigenvalue weighted by molar-refractivity contribution is 4.89. The number of fused-ring (bicyclic) bond motifs is 1. The van der Waals surface area contributed by atoms with Gasteiger partial charge in [0.05, 0.1) is 0 Å². The Hall–Kier alpha value is -0.160. The van der Waals surface area contributed by atoms with Crippen molar-refractivity contribution < 1.29 is 0 Å². The number of hydrogen-bond donors (Lipinski definition) is 2. The van der Waals surface area contributed by atoms with Gasteiger partial charge in [0.15, 0.2) is 0 Å². The molecule has 2 heterocycles. The molecule has 0 radical (unpaired) electrons. The summed E-state index contributed by atoms with van der Waals surface area (Å²) in [7, 11) is 0. The summed E-state index contributed by atoms with van der Waals surface area (Å²) in [5.41, 5.74) is 0. The summed E-state index contributed by atoms with van der Waals surface area (Å²) in [5, 5.41) is 3.85. The minimum atomic E-state index is 0.522. The Labute approximate surface area is 67.1 Å². The third-order valence-corrected chi connectivity index (χ3v) is 2.85. The van der Waals surface area contributed by atoms with Crippen molar-refractivity contribution in [3.8, 4) is 0 Å². The van der Waals surface area contributed by atoms with E-state index in [0.717, 1.165) is 25.6 Å². The fourth-order valence-corrected chi connectivity index (χ4v) is 2.25. The van der Waals surface area contributed by atoms with Crippen LogP contribution < -0.4 is 11.7 Å². The first-order chi connectivity index (χ1) is 5.27. The molecule has 4 heteroatoms. The van der Waals surface area contributed by atoms with Crippen molar-refractivity contribution in [3.63, 3.8) is 0 Å². The Morgan fingerprint density at radius 2 is 2.00 bits per heavy atom. The molecule has 4 nitrogen and oxygen atoms in total. The first kappa shape index (κ1) is 7.49. The molecule has 0 amide bonds. The monoisotopic (exact) mass is 156 g/mol. The van der Waals surface area contributed by atoms with Crippen molar-refractivity contribution >= 4 is 0 Å². The molecule has 2 aliphatic rings. The van der Waals surface area contributed by atoms with E-state index in [1.165, 1.54) is 12.8 Å². The lowest BCUT2D eigenvalue weighted by Gasteiger charge is -2.32.